The summed E-state index contributed by atoms with van der Waals surface area (Å²) in [4.78, 5) is 42.4. The van der Waals surface area contributed by atoms with Crippen molar-refractivity contribution in [2.24, 2.45) is 11.8 Å². The minimum absolute atomic E-state index is 0.0863. The van der Waals surface area contributed by atoms with Gasteiger partial charge in [0, 0.05) is 17.3 Å². The zero-order chi connectivity index (χ0) is 21.0. The van der Waals surface area contributed by atoms with Crippen molar-refractivity contribution in [2.45, 2.75) is 68.2 Å². The van der Waals surface area contributed by atoms with Gasteiger partial charge in [0.15, 0.2) is 0 Å². The van der Waals surface area contributed by atoms with Crippen LogP contribution in [0.25, 0.3) is 0 Å². The zero-order valence-corrected chi connectivity index (χ0v) is 17.7. The molecule has 8 heteroatoms. The quantitative estimate of drug-likeness (QED) is 0.615. The molecule has 3 fully saturated rings. The summed E-state index contributed by atoms with van der Waals surface area (Å²) in [5.74, 6) is -3.04. The summed E-state index contributed by atoms with van der Waals surface area (Å²) in [6.07, 6.45) is 2.94. The maximum atomic E-state index is 13.7. The van der Waals surface area contributed by atoms with Crippen LogP contribution < -0.4 is 0 Å². The average molecular weight is 411 g/mol. The van der Waals surface area contributed by atoms with Gasteiger partial charge in [-0.1, -0.05) is 6.08 Å². The van der Waals surface area contributed by atoms with Crippen LogP contribution in [0, 0.1) is 11.8 Å². The largest absolute Gasteiger partial charge is 0.481 e. The molecule has 0 aliphatic carbocycles. The van der Waals surface area contributed by atoms with Crippen LogP contribution in [0.4, 0.5) is 0 Å². The Morgan fingerprint density at radius 2 is 2.04 bits per heavy atom. The predicted molar refractivity (Wildman–Crippen MR) is 107 cm³/mol. The molecule has 2 amide bonds. The van der Waals surface area contributed by atoms with E-state index in [9.17, 15) is 24.6 Å². The molecule has 0 aromatic rings. The van der Waals surface area contributed by atoms with Gasteiger partial charge in [-0.25, -0.2) is 0 Å². The third-order valence-corrected chi connectivity index (χ3v) is 8.67. The van der Waals surface area contributed by atoms with Crippen LogP contribution in [0.1, 0.15) is 40.5 Å². The van der Waals surface area contributed by atoms with Gasteiger partial charge in [0.2, 0.25) is 11.8 Å². The Bertz CT molecular complexity index is 713. The van der Waals surface area contributed by atoms with E-state index in [4.69, 9.17) is 0 Å². The third-order valence-electron chi connectivity index (χ3n) is 6.69. The average Bonchev–Trinajstić information content (AvgIpc) is 3.19. The van der Waals surface area contributed by atoms with E-state index in [1.807, 2.05) is 20.8 Å². The summed E-state index contributed by atoms with van der Waals surface area (Å²) < 4.78 is -1.32. The molecule has 7 nitrogen and oxygen atoms in total. The van der Waals surface area contributed by atoms with E-state index in [2.05, 4.69) is 6.58 Å². The number of nitrogens with zero attached hydrogens (tertiary/aromatic N) is 2. The molecule has 3 aliphatic heterocycles. The van der Waals surface area contributed by atoms with Crippen molar-refractivity contribution in [1.82, 2.24) is 9.80 Å². The van der Waals surface area contributed by atoms with Gasteiger partial charge in [0.1, 0.15) is 6.04 Å². The summed E-state index contributed by atoms with van der Waals surface area (Å²) in [6, 6.07) is -1.41. The number of amides is 2. The molecule has 28 heavy (non-hydrogen) atoms. The minimum atomic E-state index is -0.980. The maximum Gasteiger partial charge on any atom is 0.308 e. The lowest BCUT2D eigenvalue weighted by Gasteiger charge is -2.40. The molecule has 6 atom stereocenters. The fourth-order valence-electron chi connectivity index (χ4n) is 5.43. The first kappa shape index (κ1) is 21.2. The number of hydrogen-bond acceptors (Lipinski definition) is 5. The number of aliphatic hydroxyl groups is 1. The number of rotatable bonds is 7. The lowest BCUT2D eigenvalue weighted by Crippen LogP contribution is -2.58. The molecular weight excluding hydrogens is 380 g/mol. The Morgan fingerprint density at radius 3 is 2.54 bits per heavy atom. The van der Waals surface area contributed by atoms with E-state index in [1.54, 1.807) is 17.9 Å². The van der Waals surface area contributed by atoms with E-state index < -0.39 is 39.4 Å². The fourth-order valence-corrected chi connectivity index (χ4v) is 7.76. The van der Waals surface area contributed by atoms with Gasteiger partial charge in [-0.2, -0.15) is 0 Å². The predicted octanol–water partition coefficient (Wildman–Crippen LogP) is 1.36. The van der Waals surface area contributed by atoms with Crippen molar-refractivity contribution in [3.63, 3.8) is 0 Å². The van der Waals surface area contributed by atoms with Crippen LogP contribution in [0.15, 0.2) is 12.7 Å². The first-order chi connectivity index (χ1) is 13.1. The van der Waals surface area contributed by atoms with E-state index in [-0.39, 0.29) is 24.5 Å². The van der Waals surface area contributed by atoms with Crippen molar-refractivity contribution >= 4 is 29.5 Å². The summed E-state index contributed by atoms with van der Waals surface area (Å²) >= 11 is 1.51. The van der Waals surface area contributed by atoms with Crippen molar-refractivity contribution in [2.75, 3.05) is 13.2 Å². The lowest BCUT2D eigenvalue weighted by molar-refractivity contribution is -0.151. The number of carboxylic acids is 1. The van der Waals surface area contributed by atoms with Crippen molar-refractivity contribution < 1.29 is 24.6 Å². The Labute approximate surface area is 170 Å². The standard InChI is InChI=1S/C20H30N2O5S/c1-6-9-21(11(2)3)17(25)15-20-8-7-19(5,28-20)14(18(26)27)13(20)16(24)22(15)12(4)10-23/h6,11-15,23H,1,7-10H2,2-5H3,(H,26,27)/t12-,13+,14+,15?,19-,20?/m1/s1. The van der Waals surface area contributed by atoms with Crippen molar-refractivity contribution in [3.8, 4) is 0 Å². The van der Waals surface area contributed by atoms with Crippen LogP contribution in [0.2, 0.25) is 0 Å². The molecule has 2 bridgehead atoms. The summed E-state index contributed by atoms with van der Waals surface area (Å²) in [5, 5.41) is 19.7. The Balaban J connectivity index is 2.13. The number of carbonyl (C=O) groups excluding carboxylic acids is 2. The highest BCUT2D eigenvalue weighted by Gasteiger charge is 2.77. The molecule has 0 aromatic carbocycles. The Morgan fingerprint density at radius 1 is 1.39 bits per heavy atom. The Kier molecular flexibility index (Phi) is 5.34. The molecule has 1 spiro atoms. The highest BCUT2D eigenvalue weighted by molar-refractivity contribution is 8.02. The SMILES string of the molecule is C=CCN(C(=O)C1N([C@H](C)CO)C(=O)[C@@H]2[C@@H](C(=O)O)[C@@]3(C)CCC12S3)C(C)C. The molecule has 2 unspecified atom stereocenters. The second-order valence-electron chi connectivity index (χ2n) is 8.72. The van der Waals surface area contributed by atoms with Gasteiger partial charge in [-0.15, -0.1) is 18.3 Å². The summed E-state index contributed by atoms with van der Waals surface area (Å²) in [5.41, 5.74) is 0. The number of carboxylic acid groups (broad SMARTS) is 1. The van der Waals surface area contributed by atoms with E-state index in [0.717, 1.165) is 0 Å². The minimum Gasteiger partial charge on any atom is -0.481 e. The first-order valence-corrected chi connectivity index (χ1v) is 10.6. The molecule has 3 rings (SSSR count). The number of carbonyl (C=O) groups is 3. The second kappa shape index (κ2) is 7.06. The summed E-state index contributed by atoms with van der Waals surface area (Å²) in [7, 11) is 0. The number of fused-ring (bicyclic) bond motifs is 1. The fraction of sp³-hybridized carbons (Fsp3) is 0.750. The highest BCUT2D eigenvalue weighted by atomic mass is 32.2. The number of likely N-dealkylation sites (tertiary alicyclic amines) is 1. The van der Waals surface area contributed by atoms with E-state index in [0.29, 0.717) is 19.4 Å². The molecule has 2 N–H and O–H groups in total. The van der Waals surface area contributed by atoms with Gasteiger partial charge in [-0.05, 0) is 40.5 Å². The normalized spacial score (nSPS) is 37.3. The van der Waals surface area contributed by atoms with E-state index in [1.165, 1.54) is 16.7 Å². The molecular formula is C20H30N2O5S. The van der Waals surface area contributed by atoms with Crippen LogP contribution in [0.5, 0.6) is 0 Å². The number of aliphatic hydroxyl groups excluding tert-OH is 1. The monoisotopic (exact) mass is 410 g/mol. The second-order valence-corrected chi connectivity index (χ2v) is 10.6. The number of aliphatic carboxylic acids is 1. The van der Waals surface area contributed by atoms with Crippen LogP contribution in [-0.2, 0) is 14.4 Å². The van der Waals surface area contributed by atoms with Crippen LogP contribution in [-0.4, -0.2) is 78.6 Å². The van der Waals surface area contributed by atoms with Gasteiger partial charge in [0.25, 0.3) is 0 Å². The van der Waals surface area contributed by atoms with E-state index >= 15 is 0 Å². The topological polar surface area (TPSA) is 98.2 Å². The molecule has 3 heterocycles. The van der Waals surface area contributed by atoms with Gasteiger partial charge < -0.3 is 20.0 Å². The lowest BCUT2D eigenvalue weighted by atomic mass is 9.66. The smallest absolute Gasteiger partial charge is 0.308 e. The zero-order valence-electron chi connectivity index (χ0n) is 16.9. The molecule has 0 radical (unpaired) electrons. The Hall–Kier alpha value is -1.54. The van der Waals surface area contributed by atoms with Gasteiger partial charge in [-0.3, -0.25) is 14.4 Å². The highest BCUT2D eigenvalue weighted by Crippen LogP contribution is 2.71. The molecule has 0 saturated carbocycles. The molecule has 0 aromatic heterocycles. The number of hydrogen-bond donors (Lipinski definition) is 2. The number of thioether (sulfide) groups is 1. The van der Waals surface area contributed by atoms with Crippen LogP contribution >= 0.6 is 11.8 Å². The van der Waals surface area contributed by atoms with Gasteiger partial charge in [0.05, 0.1) is 29.2 Å². The molecule has 156 valence electrons. The van der Waals surface area contributed by atoms with Crippen molar-refractivity contribution in [3.05, 3.63) is 12.7 Å². The maximum absolute atomic E-state index is 13.7. The first-order valence-electron chi connectivity index (χ1n) is 9.83. The molecule has 3 saturated heterocycles. The third kappa shape index (κ3) is 2.71. The summed E-state index contributed by atoms with van der Waals surface area (Å²) in [6.45, 7) is 11.2. The van der Waals surface area contributed by atoms with Gasteiger partial charge >= 0.3 is 5.97 Å². The van der Waals surface area contributed by atoms with Crippen molar-refractivity contribution in [1.29, 1.82) is 0 Å². The van der Waals surface area contributed by atoms with Crippen LogP contribution in [0.3, 0.4) is 0 Å². The molecule has 3 aliphatic rings.